The highest BCUT2D eigenvalue weighted by molar-refractivity contribution is 5.85. The van der Waals surface area contributed by atoms with Crippen LogP contribution in [-0.4, -0.2) is 28.8 Å². The maximum Gasteiger partial charge on any atom is 0.137 e. The molecular weight excluding hydrogens is 290 g/mol. The number of hydrogen-bond donors (Lipinski definition) is 3. The molecule has 5 heteroatoms. The third-order valence-corrected chi connectivity index (χ3v) is 3.69. The molecule has 0 amide bonds. The zero-order valence-electron chi connectivity index (χ0n) is 12.9. The van der Waals surface area contributed by atoms with Crippen molar-refractivity contribution in [1.29, 1.82) is 0 Å². The molecule has 0 aliphatic rings. The quantitative estimate of drug-likeness (QED) is 0.631. The molecule has 118 valence electrons. The number of aromatic nitrogens is 2. The number of nitrogens with two attached hydrogens (primary N) is 1. The maximum absolute atomic E-state index is 9.75. The molecule has 3 aromatic rings. The standard InChI is InChI=1S/C18H19N3O2/c1-23-11-14(22)8-17(19)16-10-21-18-15(16)7-13(9-20-18)12-5-3-2-4-6-12/h2-10,17,22H,11,19H2,1H3,(H,20,21)/b14-8-. The molecule has 0 bridgehead atoms. The fourth-order valence-electron chi connectivity index (χ4n) is 2.58. The lowest BCUT2D eigenvalue weighted by Crippen LogP contribution is -2.09. The summed E-state index contributed by atoms with van der Waals surface area (Å²) in [6, 6.07) is 11.7. The van der Waals surface area contributed by atoms with Crippen molar-refractivity contribution < 1.29 is 9.84 Å². The molecule has 2 aromatic heterocycles. The minimum absolute atomic E-state index is 0.113. The Labute approximate surface area is 134 Å². The number of aliphatic hydroxyl groups is 1. The van der Waals surface area contributed by atoms with Gasteiger partial charge in [0.05, 0.1) is 6.04 Å². The van der Waals surface area contributed by atoms with E-state index in [-0.39, 0.29) is 12.4 Å². The van der Waals surface area contributed by atoms with Crippen LogP contribution < -0.4 is 5.73 Å². The summed E-state index contributed by atoms with van der Waals surface area (Å²) in [7, 11) is 1.53. The smallest absolute Gasteiger partial charge is 0.137 e. The Morgan fingerprint density at radius 3 is 2.87 bits per heavy atom. The van der Waals surface area contributed by atoms with E-state index in [4.69, 9.17) is 10.5 Å². The van der Waals surface area contributed by atoms with E-state index >= 15 is 0 Å². The number of nitrogens with one attached hydrogen (secondary N) is 1. The van der Waals surface area contributed by atoms with Crippen molar-refractivity contribution in [2.75, 3.05) is 13.7 Å². The highest BCUT2D eigenvalue weighted by Gasteiger charge is 2.12. The Morgan fingerprint density at radius 1 is 1.35 bits per heavy atom. The fourth-order valence-corrected chi connectivity index (χ4v) is 2.58. The van der Waals surface area contributed by atoms with Crippen LogP contribution in [0.15, 0.2) is 60.6 Å². The second-order valence-corrected chi connectivity index (χ2v) is 5.35. The largest absolute Gasteiger partial charge is 0.510 e. The molecule has 5 nitrogen and oxygen atoms in total. The number of H-pyrrole nitrogens is 1. The molecule has 23 heavy (non-hydrogen) atoms. The lowest BCUT2D eigenvalue weighted by atomic mass is 10.0. The first-order chi connectivity index (χ1) is 11.2. The van der Waals surface area contributed by atoms with E-state index in [2.05, 4.69) is 16.0 Å². The Balaban J connectivity index is 2.00. The lowest BCUT2D eigenvalue weighted by molar-refractivity contribution is 0.182. The average Bonchev–Trinajstić information content (AvgIpc) is 2.99. The molecule has 0 saturated heterocycles. The Morgan fingerprint density at radius 2 is 2.13 bits per heavy atom. The van der Waals surface area contributed by atoms with Crippen LogP contribution in [0.5, 0.6) is 0 Å². The van der Waals surface area contributed by atoms with Gasteiger partial charge < -0.3 is 20.6 Å². The summed E-state index contributed by atoms with van der Waals surface area (Å²) in [6.07, 6.45) is 5.25. The van der Waals surface area contributed by atoms with Gasteiger partial charge in [-0.15, -0.1) is 0 Å². The van der Waals surface area contributed by atoms with E-state index in [0.717, 1.165) is 27.7 Å². The lowest BCUT2D eigenvalue weighted by Gasteiger charge is -2.08. The number of pyridine rings is 1. The van der Waals surface area contributed by atoms with Gasteiger partial charge in [0.1, 0.15) is 18.0 Å². The van der Waals surface area contributed by atoms with Crippen molar-refractivity contribution in [1.82, 2.24) is 9.97 Å². The summed E-state index contributed by atoms with van der Waals surface area (Å²) in [5.74, 6) is 0.113. The van der Waals surface area contributed by atoms with Gasteiger partial charge in [-0.3, -0.25) is 0 Å². The van der Waals surface area contributed by atoms with E-state index < -0.39 is 6.04 Å². The van der Waals surface area contributed by atoms with Crippen molar-refractivity contribution in [2.24, 2.45) is 5.73 Å². The third-order valence-electron chi connectivity index (χ3n) is 3.69. The Hall–Kier alpha value is -2.63. The predicted octanol–water partition coefficient (Wildman–Crippen LogP) is 3.32. The molecule has 4 N–H and O–H groups in total. The van der Waals surface area contributed by atoms with Crippen LogP contribution in [0.1, 0.15) is 11.6 Å². The molecule has 0 aliphatic heterocycles. The Kier molecular flexibility index (Phi) is 4.41. The van der Waals surface area contributed by atoms with Gasteiger partial charge in [-0.1, -0.05) is 30.3 Å². The number of benzene rings is 1. The molecule has 0 radical (unpaired) electrons. The maximum atomic E-state index is 9.75. The highest BCUT2D eigenvalue weighted by Crippen LogP contribution is 2.27. The van der Waals surface area contributed by atoms with E-state index in [0.29, 0.717) is 0 Å². The van der Waals surface area contributed by atoms with Gasteiger partial charge in [-0.05, 0) is 23.3 Å². The third kappa shape index (κ3) is 3.26. The van der Waals surface area contributed by atoms with Crippen molar-refractivity contribution in [3.63, 3.8) is 0 Å². The first kappa shape index (κ1) is 15.3. The van der Waals surface area contributed by atoms with Crippen LogP contribution in [0.2, 0.25) is 0 Å². The van der Waals surface area contributed by atoms with Gasteiger partial charge in [-0.2, -0.15) is 0 Å². The van der Waals surface area contributed by atoms with E-state index in [1.165, 1.54) is 7.11 Å². The number of methoxy groups -OCH3 is 1. The molecular formula is C18H19N3O2. The summed E-state index contributed by atoms with van der Waals surface area (Å²) in [5, 5.41) is 10.7. The minimum Gasteiger partial charge on any atom is -0.510 e. The summed E-state index contributed by atoms with van der Waals surface area (Å²) in [4.78, 5) is 7.58. The number of ether oxygens (including phenoxy) is 1. The molecule has 1 unspecified atom stereocenters. The summed E-state index contributed by atoms with van der Waals surface area (Å²) in [5.41, 5.74) is 9.96. The van der Waals surface area contributed by atoms with Gasteiger partial charge in [0.2, 0.25) is 0 Å². The van der Waals surface area contributed by atoms with Crippen LogP contribution in [0, 0.1) is 0 Å². The number of nitrogens with zero attached hydrogens (tertiary/aromatic N) is 1. The van der Waals surface area contributed by atoms with Crippen LogP contribution in [-0.2, 0) is 4.74 Å². The number of rotatable bonds is 5. The number of aliphatic hydroxyl groups excluding tert-OH is 1. The van der Waals surface area contributed by atoms with Crippen molar-refractivity contribution in [3.8, 4) is 11.1 Å². The first-order valence-corrected chi connectivity index (χ1v) is 7.35. The van der Waals surface area contributed by atoms with E-state index in [1.54, 1.807) is 6.08 Å². The first-order valence-electron chi connectivity index (χ1n) is 7.35. The van der Waals surface area contributed by atoms with Crippen molar-refractivity contribution in [2.45, 2.75) is 6.04 Å². The highest BCUT2D eigenvalue weighted by atomic mass is 16.5. The molecule has 1 aromatic carbocycles. The summed E-state index contributed by atoms with van der Waals surface area (Å²) < 4.78 is 4.89. The zero-order chi connectivity index (χ0) is 16.2. The normalized spacial score (nSPS) is 13.4. The topological polar surface area (TPSA) is 84.2 Å². The number of fused-ring (bicyclic) bond motifs is 1. The number of hydrogen-bond acceptors (Lipinski definition) is 4. The van der Waals surface area contributed by atoms with Crippen LogP contribution in [0.4, 0.5) is 0 Å². The molecule has 2 heterocycles. The molecule has 0 fully saturated rings. The molecule has 1 atom stereocenters. The second kappa shape index (κ2) is 6.64. The fraction of sp³-hybridized carbons (Fsp3) is 0.167. The molecule has 3 rings (SSSR count). The average molecular weight is 309 g/mol. The summed E-state index contributed by atoms with van der Waals surface area (Å²) in [6.45, 7) is 0.142. The molecule has 0 saturated carbocycles. The monoisotopic (exact) mass is 309 g/mol. The van der Waals surface area contributed by atoms with Crippen molar-refractivity contribution in [3.05, 3.63) is 66.2 Å². The van der Waals surface area contributed by atoms with Gasteiger partial charge in [0.25, 0.3) is 0 Å². The van der Waals surface area contributed by atoms with Gasteiger partial charge >= 0.3 is 0 Å². The second-order valence-electron chi connectivity index (χ2n) is 5.35. The number of aromatic amines is 1. The molecule has 0 aliphatic carbocycles. The Bertz CT molecular complexity index is 825. The van der Waals surface area contributed by atoms with Gasteiger partial charge in [0, 0.05) is 30.5 Å². The van der Waals surface area contributed by atoms with Gasteiger partial charge in [-0.25, -0.2) is 4.98 Å². The predicted molar refractivity (Wildman–Crippen MR) is 91.0 cm³/mol. The summed E-state index contributed by atoms with van der Waals surface area (Å²) >= 11 is 0. The molecule has 0 spiro atoms. The zero-order valence-corrected chi connectivity index (χ0v) is 12.9. The van der Waals surface area contributed by atoms with Crippen LogP contribution in [0.25, 0.3) is 22.2 Å². The van der Waals surface area contributed by atoms with Crippen LogP contribution >= 0.6 is 0 Å². The van der Waals surface area contributed by atoms with Crippen LogP contribution in [0.3, 0.4) is 0 Å². The van der Waals surface area contributed by atoms with E-state index in [9.17, 15) is 5.11 Å². The minimum atomic E-state index is -0.438. The van der Waals surface area contributed by atoms with Gasteiger partial charge in [0.15, 0.2) is 0 Å². The van der Waals surface area contributed by atoms with Crippen molar-refractivity contribution >= 4 is 11.0 Å². The van der Waals surface area contributed by atoms with E-state index in [1.807, 2.05) is 42.7 Å². The SMILES string of the molecule is COC/C(O)=C/C(N)c1c[nH]c2ncc(-c3ccccc3)cc12.